The van der Waals surface area contributed by atoms with Gasteiger partial charge in [-0.3, -0.25) is 4.79 Å². The topological polar surface area (TPSA) is 62.6 Å². The van der Waals surface area contributed by atoms with Gasteiger partial charge in [-0.2, -0.15) is 5.10 Å². The molecule has 6 nitrogen and oxygen atoms in total. The molecule has 0 N–H and O–H groups in total. The number of hydrogen-bond acceptors (Lipinski definition) is 5. The predicted molar refractivity (Wildman–Crippen MR) is 83.1 cm³/mol. The second-order valence-corrected chi connectivity index (χ2v) is 6.95. The van der Waals surface area contributed by atoms with E-state index in [-0.39, 0.29) is 11.8 Å². The summed E-state index contributed by atoms with van der Waals surface area (Å²) in [6.07, 6.45) is 2.59. The van der Waals surface area contributed by atoms with E-state index in [0.717, 1.165) is 19.3 Å². The van der Waals surface area contributed by atoms with Gasteiger partial charge in [0, 0.05) is 12.7 Å². The Morgan fingerprint density at radius 1 is 1.18 bits per heavy atom. The molecule has 0 bridgehead atoms. The van der Waals surface area contributed by atoms with Crippen molar-refractivity contribution in [2.75, 3.05) is 6.61 Å². The Bertz CT molecular complexity index is 592. The van der Waals surface area contributed by atoms with Gasteiger partial charge in [0.05, 0.1) is 16.8 Å². The van der Waals surface area contributed by atoms with Crippen molar-refractivity contribution in [3.63, 3.8) is 0 Å². The second-order valence-electron chi connectivity index (χ2n) is 6.95. The Balaban J connectivity index is 1.88. The molecule has 0 aromatic carbocycles. The molecule has 2 aliphatic heterocycles. The van der Waals surface area contributed by atoms with Crippen LogP contribution in [0.25, 0.3) is 0 Å². The molecule has 1 atom stereocenters. The van der Waals surface area contributed by atoms with Crippen LogP contribution in [0.15, 0.2) is 16.9 Å². The molecule has 1 aromatic rings. The second kappa shape index (κ2) is 5.47. The maximum absolute atomic E-state index is 12.1. The van der Waals surface area contributed by atoms with E-state index in [1.54, 1.807) is 6.07 Å². The number of rotatable bonds is 2. The van der Waals surface area contributed by atoms with Crippen LogP contribution >= 0.6 is 0 Å². The van der Waals surface area contributed by atoms with E-state index in [4.69, 9.17) is 14.0 Å². The van der Waals surface area contributed by atoms with Gasteiger partial charge < -0.3 is 14.0 Å². The summed E-state index contributed by atoms with van der Waals surface area (Å²) in [5.74, 6) is 0. The van der Waals surface area contributed by atoms with Crippen molar-refractivity contribution < 1.29 is 14.0 Å². The minimum Gasteiger partial charge on any atom is -0.398 e. The molecule has 0 radical (unpaired) electrons. The molecule has 120 valence electrons. The van der Waals surface area contributed by atoms with Gasteiger partial charge in [-0.05, 0) is 53.0 Å². The van der Waals surface area contributed by atoms with Crippen LogP contribution < -0.4 is 11.2 Å². The fraction of sp³-hybridized carbons (Fsp3) is 0.733. The van der Waals surface area contributed by atoms with Crippen LogP contribution in [0.3, 0.4) is 0 Å². The summed E-state index contributed by atoms with van der Waals surface area (Å²) in [5.41, 5.74) is -0.414. The van der Waals surface area contributed by atoms with E-state index in [0.29, 0.717) is 12.2 Å². The Hall–Kier alpha value is -1.18. The van der Waals surface area contributed by atoms with Crippen LogP contribution in [0.2, 0.25) is 0 Å². The van der Waals surface area contributed by atoms with Crippen molar-refractivity contribution in [3.05, 3.63) is 22.5 Å². The van der Waals surface area contributed by atoms with E-state index >= 15 is 0 Å². The quantitative estimate of drug-likeness (QED) is 0.769. The summed E-state index contributed by atoms with van der Waals surface area (Å²) in [5, 5.41) is 4.44. The lowest BCUT2D eigenvalue weighted by molar-refractivity contribution is -0.0421. The molecule has 7 heteroatoms. The van der Waals surface area contributed by atoms with Crippen molar-refractivity contribution in [2.45, 2.75) is 64.4 Å². The molecular formula is C15H23BN2O4. The number of aromatic nitrogens is 2. The zero-order chi connectivity index (χ0) is 16.0. The predicted octanol–water partition coefficient (Wildman–Crippen LogP) is 1.24. The third-order valence-electron chi connectivity index (χ3n) is 4.77. The summed E-state index contributed by atoms with van der Waals surface area (Å²) < 4.78 is 19.1. The highest BCUT2D eigenvalue weighted by Gasteiger charge is 2.52. The van der Waals surface area contributed by atoms with Crippen LogP contribution in [0.4, 0.5) is 0 Å². The third kappa shape index (κ3) is 2.73. The number of ether oxygens (including phenoxy) is 1. The normalized spacial score (nSPS) is 27.1. The number of hydrogen-bond donors (Lipinski definition) is 0. The summed E-state index contributed by atoms with van der Waals surface area (Å²) in [4.78, 5) is 12.1. The van der Waals surface area contributed by atoms with E-state index in [1.165, 1.54) is 10.7 Å². The van der Waals surface area contributed by atoms with Crippen molar-refractivity contribution in [1.29, 1.82) is 0 Å². The molecule has 0 aliphatic carbocycles. The molecule has 0 amide bonds. The molecule has 1 unspecified atom stereocenters. The van der Waals surface area contributed by atoms with Gasteiger partial charge in [-0.15, -0.1) is 0 Å². The van der Waals surface area contributed by atoms with Gasteiger partial charge in [0.15, 0.2) is 6.23 Å². The van der Waals surface area contributed by atoms with Crippen molar-refractivity contribution in [1.82, 2.24) is 9.78 Å². The van der Waals surface area contributed by atoms with E-state index in [9.17, 15) is 4.79 Å². The molecule has 0 saturated carbocycles. The van der Waals surface area contributed by atoms with Gasteiger partial charge in [-0.25, -0.2) is 4.68 Å². The maximum atomic E-state index is 12.1. The Morgan fingerprint density at radius 3 is 2.45 bits per heavy atom. The molecule has 2 fully saturated rings. The molecule has 22 heavy (non-hydrogen) atoms. The summed E-state index contributed by atoms with van der Waals surface area (Å²) in [6.45, 7) is 8.64. The van der Waals surface area contributed by atoms with Crippen molar-refractivity contribution in [3.8, 4) is 0 Å². The van der Waals surface area contributed by atoms with Crippen molar-refractivity contribution in [2.24, 2.45) is 0 Å². The lowest BCUT2D eigenvalue weighted by Crippen LogP contribution is -2.42. The first kappa shape index (κ1) is 15.7. The molecule has 3 rings (SSSR count). The molecular weight excluding hydrogens is 283 g/mol. The smallest absolute Gasteiger partial charge is 0.398 e. The molecule has 2 aliphatic rings. The van der Waals surface area contributed by atoms with Gasteiger partial charge in [0.1, 0.15) is 0 Å². The van der Waals surface area contributed by atoms with Crippen LogP contribution in [0.5, 0.6) is 0 Å². The Morgan fingerprint density at radius 2 is 1.86 bits per heavy atom. The van der Waals surface area contributed by atoms with Gasteiger partial charge in [0.25, 0.3) is 5.56 Å². The fourth-order valence-corrected chi connectivity index (χ4v) is 2.65. The highest BCUT2D eigenvalue weighted by molar-refractivity contribution is 6.61. The first-order chi connectivity index (χ1) is 10.3. The lowest BCUT2D eigenvalue weighted by atomic mass is 9.85. The minimum atomic E-state index is -0.569. The van der Waals surface area contributed by atoms with E-state index in [1.807, 2.05) is 27.7 Å². The maximum Gasteiger partial charge on any atom is 0.516 e. The molecule has 0 spiro atoms. The van der Waals surface area contributed by atoms with Crippen LogP contribution in [0.1, 0.15) is 53.2 Å². The highest BCUT2D eigenvalue weighted by atomic mass is 16.7. The van der Waals surface area contributed by atoms with Crippen molar-refractivity contribution >= 4 is 12.7 Å². The highest BCUT2D eigenvalue weighted by Crippen LogP contribution is 2.36. The monoisotopic (exact) mass is 306 g/mol. The molecule has 3 heterocycles. The lowest BCUT2D eigenvalue weighted by Gasteiger charge is -2.32. The molecule has 2 saturated heterocycles. The number of nitrogens with zero attached hydrogens (tertiary/aromatic N) is 2. The van der Waals surface area contributed by atoms with Gasteiger partial charge in [-0.1, -0.05) is 0 Å². The van der Waals surface area contributed by atoms with Gasteiger partial charge in [0.2, 0.25) is 0 Å². The van der Waals surface area contributed by atoms with Crippen LogP contribution in [-0.2, 0) is 14.0 Å². The average Bonchev–Trinajstić information content (AvgIpc) is 2.69. The first-order valence-corrected chi connectivity index (χ1v) is 7.87. The Kier molecular flexibility index (Phi) is 3.91. The first-order valence-electron chi connectivity index (χ1n) is 7.87. The largest absolute Gasteiger partial charge is 0.516 e. The van der Waals surface area contributed by atoms with Crippen LogP contribution in [-0.4, -0.2) is 34.7 Å². The van der Waals surface area contributed by atoms with E-state index in [2.05, 4.69) is 5.10 Å². The minimum absolute atomic E-state index is 0.160. The zero-order valence-electron chi connectivity index (χ0n) is 13.7. The zero-order valence-corrected chi connectivity index (χ0v) is 13.7. The summed E-state index contributed by atoms with van der Waals surface area (Å²) in [6, 6.07) is 3.18. The van der Waals surface area contributed by atoms with Gasteiger partial charge >= 0.3 is 7.12 Å². The average molecular weight is 306 g/mol. The fourth-order valence-electron chi connectivity index (χ4n) is 2.65. The van der Waals surface area contributed by atoms with E-state index < -0.39 is 18.3 Å². The third-order valence-corrected chi connectivity index (χ3v) is 4.77. The SMILES string of the molecule is CC1(C)OB(c2ccc(=O)n(C3CCCCO3)n2)OC1(C)C. The summed E-state index contributed by atoms with van der Waals surface area (Å²) >= 11 is 0. The standard InChI is InChI=1S/C15H23BN2O4/c1-14(2)15(3,4)22-16(21-14)11-8-9-12(19)18(17-11)13-7-5-6-10-20-13/h8-9,13H,5-7,10H2,1-4H3. The summed E-state index contributed by atoms with van der Waals surface area (Å²) in [7, 11) is -0.569. The Labute approximate surface area is 130 Å². The molecule has 1 aromatic heterocycles. The van der Waals surface area contributed by atoms with Crippen LogP contribution in [0, 0.1) is 0 Å².